The molecule has 0 spiro atoms. The summed E-state index contributed by atoms with van der Waals surface area (Å²) in [5.41, 5.74) is 7.09. The third-order valence-electron chi connectivity index (χ3n) is 5.40. The van der Waals surface area contributed by atoms with Crippen LogP contribution >= 0.6 is 0 Å². The Kier molecular flexibility index (Phi) is 8.85. The molecule has 1 heterocycles. The summed E-state index contributed by atoms with van der Waals surface area (Å²) in [7, 11) is 0. The molecule has 0 saturated heterocycles. The van der Waals surface area contributed by atoms with Gasteiger partial charge in [0.2, 0.25) is 5.91 Å². The smallest absolute Gasteiger partial charge is 0.240 e. The maximum atomic E-state index is 12.7. The van der Waals surface area contributed by atoms with Gasteiger partial charge in [0.05, 0.1) is 37.3 Å². The monoisotopic (exact) mass is 461 g/mol. The summed E-state index contributed by atoms with van der Waals surface area (Å²) in [6.45, 7) is 3.78. The zero-order valence-corrected chi connectivity index (χ0v) is 19.6. The molecule has 2 aromatic carbocycles. The fraction of sp³-hybridized carbons (Fsp3) is 0.400. The number of nitrogens with one attached hydrogen (secondary N) is 1. The van der Waals surface area contributed by atoms with Gasteiger partial charge in [0.1, 0.15) is 6.04 Å². The average molecular weight is 462 g/mol. The first-order valence-electron chi connectivity index (χ1n) is 11.3. The summed E-state index contributed by atoms with van der Waals surface area (Å²) >= 11 is 0. The van der Waals surface area contributed by atoms with Crippen LogP contribution in [0.5, 0.6) is 0 Å². The number of tetrazole rings is 1. The highest BCUT2D eigenvalue weighted by atomic mass is 16.5. The number of benzene rings is 2. The Morgan fingerprint density at radius 1 is 1.15 bits per heavy atom. The van der Waals surface area contributed by atoms with Crippen LogP contribution < -0.4 is 11.1 Å². The molecule has 2 atom stereocenters. The molecule has 3 N–H and O–H groups in total. The molecular formula is C25H31N7O2. The number of nitrogens with zero attached hydrogens (tertiary/aromatic N) is 5. The van der Waals surface area contributed by atoms with Crippen molar-refractivity contribution < 1.29 is 9.53 Å². The van der Waals surface area contributed by atoms with E-state index in [0.717, 1.165) is 12.0 Å². The molecule has 3 aromatic rings. The molecule has 3 rings (SSSR count). The molecule has 0 fully saturated rings. The fourth-order valence-electron chi connectivity index (χ4n) is 3.48. The van der Waals surface area contributed by atoms with E-state index in [1.54, 1.807) is 18.5 Å². The highest BCUT2D eigenvalue weighted by molar-refractivity contribution is 5.85. The number of amides is 1. The van der Waals surface area contributed by atoms with Gasteiger partial charge in [-0.3, -0.25) is 4.79 Å². The number of hydrogen-bond donors (Lipinski definition) is 2. The maximum absolute atomic E-state index is 12.7. The Bertz CT molecular complexity index is 1070. The van der Waals surface area contributed by atoms with Crippen molar-refractivity contribution in [1.82, 2.24) is 25.5 Å². The second kappa shape index (κ2) is 12.0. The Labute approximate surface area is 199 Å². The first kappa shape index (κ1) is 25.0. The van der Waals surface area contributed by atoms with E-state index in [1.165, 1.54) is 5.56 Å². The van der Waals surface area contributed by atoms with E-state index in [9.17, 15) is 10.1 Å². The third kappa shape index (κ3) is 7.20. The van der Waals surface area contributed by atoms with Crippen LogP contribution in [0.3, 0.4) is 0 Å². The van der Waals surface area contributed by atoms with Gasteiger partial charge in [-0.05, 0) is 48.2 Å². The molecule has 178 valence electrons. The first-order chi connectivity index (χ1) is 16.4. The molecule has 1 amide bonds. The number of ether oxygens (including phenoxy) is 1. The van der Waals surface area contributed by atoms with E-state index in [2.05, 4.69) is 26.9 Å². The number of aryl methyl sites for hydroxylation is 1. The van der Waals surface area contributed by atoms with Gasteiger partial charge < -0.3 is 15.8 Å². The molecule has 2 unspecified atom stereocenters. The molecule has 9 heteroatoms. The molecule has 0 aliphatic carbocycles. The van der Waals surface area contributed by atoms with Crippen LogP contribution in [0, 0.1) is 11.3 Å². The van der Waals surface area contributed by atoms with Gasteiger partial charge in [0.25, 0.3) is 0 Å². The van der Waals surface area contributed by atoms with Gasteiger partial charge in [-0.15, -0.1) is 5.10 Å². The van der Waals surface area contributed by atoms with Gasteiger partial charge >= 0.3 is 0 Å². The van der Waals surface area contributed by atoms with Crippen LogP contribution in [0.25, 0.3) is 0 Å². The average Bonchev–Trinajstić information content (AvgIpc) is 3.31. The minimum atomic E-state index is -1.09. The lowest BCUT2D eigenvalue weighted by Gasteiger charge is -2.25. The molecule has 1 aromatic heterocycles. The second-order valence-corrected chi connectivity index (χ2v) is 8.77. The Morgan fingerprint density at radius 3 is 2.41 bits per heavy atom. The van der Waals surface area contributed by atoms with Crippen LogP contribution in [0.4, 0.5) is 0 Å². The zero-order valence-electron chi connectivity index (χ0n) is 19.6. The summed E-state index contributed by atoms with van der Waals surface area (Å²) < 4.78 is 7.55. The van der Waals surface area contributed by atoms with Gasteiger partial charge in [-0.2, -0.15) is 5.26 Å². The van der Waals surface area contributed by atoms with Gasteiger partial charge in [-0.1, -0.05) is 60.7 Å². The topological polar surface area (TPSA) is 132 Å². The molecular weight excluding hydrogens is 430 g/mol. The summed E-state index contributed by atoms with van der Waals surface area (Å²) in [4.78, 5) is 12.7. The number of carbonyl (C=O) groups excluding carboxylic acids is 1. The largest absolute Gasteiger partial charge is 0.374 e. The van der Waals surface area contributed by atoms with Crippen LogP contribution in [-0.4, -0.2) is 38.3 Å². The predicted octanol–water partition coefficient (Wildman–Crippen LogP) is 2.87. The third-order valence-corrected chi connectivity index (χ3v) is 5.40. The fourth-order valence-corrected chi connectivity index (χ4v) is 3.48. The van der Waals surface area contributed by atoms with E-state index in [4.69, 9.17) is 10.5 Å². The maximum Gasteiger partial charge on any atom is 0.240 e. The highest BCUT2D eigenvalue weighted by Crippen LogP contribution is 2.23. The van der Waals surface area contributed by atoms with E-state index < -0.39 is 11.6 Å². The Balaban J connectivity index is 1.79. The van der Waals surface area contributed by atoms with E-state index >= 15 is 0 Å². The Morgan fingerprint density at radius 2 is 1.79 bits per heavy atom. The van der Waals surface area contributed by atoms with Crippen LogP contribution in [0.1, 0.15) is 55.7 Å². The van der Waals surface area contributed by atoms with Crippen molar-refractivity contribution in [2.75, 3.05) is 6.61 Å². The molecule has 9 nitrogen and oxygen atoms in total. The lowest BCUT2D eigenvalue weighted by Crippen LogP contribution is -2.51. The molecule has 0 aliphatic heterocycles. The number of carbonyl (C=O) groups is 1. The van der Waals surface area contributed by atoms with Gasteiger partial charge in [0, 0.05) is 0 Å². The van der Waals surface area contributed by atoms with Crippen molar-refractivity contribution in [2.45, 2.75) is 57.3 Å². The molecule has 0 saturated carbocycles. The highest BCUT2D eigenvalue weighted by Gasteiger charge is 2.30. The number of nitrogens with two attached hydrogens (primary N) is 1. The lowest BCUT2D eigenvalue weighted by atomic mass is 10.0. The van der Waals surface area contributed by atoms with Crippen LogP contribution in [0.15, 0.2) is 60.7 Å². The number of rotatable bonds is 12. The van der Waals surface area contributed by atoms with Crippen molar-refractivity contribution >= 4 is 5.91 Å². The minimum Gasteiger partial charge on any atom is -0.374 e. The van der Waals surface area contributed by atoms with Crippen molar-refractivity contribution in [1.29, 1.82) is 5.26 Å². The second-order valence-electron chi connectivity index (χ2n) is 8.77. The summed E-state index contributed by atoms with van der Waals surface area (Å²) in [6.07, 6.45) is 1.67. The first-order valence-corrected chi connectivity index (χ1v) is 11.3. The predicted molar refractivity (Wildman–Crippen MR) is 127 cm³/mol. The van der Waals surface area contributed by atoms with Crippen LogP contribution in [0.2, 0.25) is 0 Å². The minimum absolute atomic E-state index is 0.148. The number of nitriles is 1. The zero-order chi connectivity index (χ0) is 24.4. The van der Waals surface area contributed by atoms with Crippen molar-refractivity contribution in [3.63, 3.8) is 0 Å². The molecule has 0 aliphatic rings. The number of aromatic nitrogens is 4. The van der Waals surface area contributed by atoms with Gasteiger partial charge in [0.15, 0.2) is 5.82 Å². The quantitative estimate of drug-likeness (QED) is 0.424. The summed E-state index contributed by atoms with van der Waals surface area (Å²) in [6, 6.07) is 21.1. The Hall–Kier alpha value is -3.61. The van der Waals surface area contributed by atoms with E-state index in [-0.39, 0.29) is 25.0 Å². The van der Waals surface area contributed by atoms with Crippen molar-refractivity contribution in [2.24, 2.45) is 5.73 Å². The molecule has 34 heavy (non-hydrogen) atoms. The van der Waals surface area contributed by atoms with Crippen molar-refractivity contribution in [3.05, 3.63) is 77.6 Å². The summed E-state index contributed by atoms with van der Waals surface area (Å²) in [5.74, 6) is 0.0791. The van der Waals surface area contributed by atoms with Crippen LogP contribution in [-0.2, 0) is 22.6 Å². The SMILES string of the molecule is CC(C)(N)C(=O)NC(COCc1ccccc1)c1nnnn1C(CC#N)CCc1ccccc1. The molecule has 0 radical (unpaired) electrons. The van der Waals surface area contributed by atoms with Crippen molar-refractivity contribution in [3.8, 4) is 6.07 Å². The summed E-state index contributed by atoms with van der Waals surface area (Å²) in [5, 5.41) is 24.6. The number of hydrogen-bond acceptors (Lipinski definition) is 7. The normalized spacial score (nSPS) is 13.1. The lowest BCUT2D eigenvalue weighted by molar-refractivity contribution is -0.126. The van der Waals surface area contributed by atoms with E-state index in [0.29, 0.717) is 18.9 Å². The standard InChI is InChI=1S/C25H31N7O2/c1-25(2,27)24(33)28-22(18-34-17-20-11-7-4-8-12-20)23-29-30-31-32(23)21(15-16-26)14-13-19-9-5-3-6-10-19/h3-12,21-22H,13-15,17-18,27H2,1-2H3,(H,28,33). The van der Waals surface area contributed by atoms with E-state index in [1.807, 2.05) is 60.7 Å². The molecule has 0 bridgehead atoms. The van der Waals surface area contributed by atoms with Gasteiger partial charge in [-0.25, -0.2) is 4.68 Å².